The minimum atomic E-state index is -1.01. The van der Waals surface area contributed by atoms with E-state index in [2.05, 4.69) is 15.0 Å². The average Bonchev–Trinajstić information content (AvgIpc) is 2.88. The van der Waals surface area contributed by atoms with Crippen molar-refractivity contribution in [2.45, 2.75) is 19.3 Å². The predicted molar refractivity (Wildman–Crippen MR) is 59.0 cm³/mol. The van der Waals surface area contributed by atoms with Gasteiger partial charge in [0.1, 0.15) is 11.2 Å². The Labute approximate surface area is 92.5 Å². The van der Waals surface area contributed by atoms with Crippen LogP contribution in [-0.4, -0.2) is 26.0 Å². The van der Waals surface area contributed by atoms with Crippen LogP contribution < -0.4 is 0 Å². The van der Waals surface area contributed by atoms with Crippen molar-refractivity contribution in [3.05, 3.63) is 30.5 Å². The first-order chi connectivity index (χ1) is 7.51. The molecule has 0 bridgehead atoms. The third-order valence-electron chi connectivity index (χ3n) is 2.61. The summed E-state index contributed by atoms with van der Waals surface area (Å²) in [5, 5.41) is 9.07. The summed E-state index contributed by atoms with van der Waals surface area (Å²) in [6.45, 7) is 3.24. The molecule has 0 aliphatic carbocycles. The largest absolute Gasteiger partial charge is 0.481 e. The fourth-order valence-electron chi connectivity index (χ4n) is 1.38. The molecule has 5 heteroatoms. The van der Waals surface area contributed by atoms with Gasteiger partial charge >= 0.3 is 5.97 Å². The minimum Gasteiger partial charge on any atom is -0.481 e. The van der Waals surface area contributed by atoms with Crippen LogP contribution in [0.4, 0.5) is 0 Å². The highest BCUT2D eigenvalue weighted by molar-refractivity contribution is 5.79. The van der Waals surface area contributed by atoms with E-state index in [4.69, 9.17) is 5.11 Å². The fourth-order valence-corrected chi connectivity index (χ4v) is 1.38. The van der Waals surface area contributed by atoms with E-state index in [0.717, 1.165) is 11.3 Å². The molecule has 0 saturated heterocycles. The molecule has 0 aromatic carbocycles. The Bertz CT molecular complexity index is 497. The highest BCUT2D eigenvalue weighted by Gasteiger charge is 2.32. The highest BCUT2D eigenvalue weighted by atomic mass is 16.4. The Morgan fingerprint density at radius 2 is 2.25 bits per heavy atom. The number of aliphatic carboxylic acids is 1. The number of carboxylic acids is 1. The number of aromatic amines is 2. The van der Waals surface area contributed by atoms with Gasteiger partial charge in [-0.2, -0.15) is 0 Å². The molecule has 16 heavy (non-hydrogen) atoms. The van der Waals surface area contributed by atoms with Gasteiger partial charge in [0.15, 0.2) is 0 Å². The summed E-state index contributed by atoms with van der Waals surface area (Å²) in [6.07, 6.45) is 5.27. The van der Waals surface area contributed by atoms with Gasteiger partial charge in [0, 0.05) is 18.0 Å². The van der Waals surface area contributed by atoms with Crippen LogP contribution in [0.5, 0.6) is 0 Å². The van der Waals surface area contributed by atoms with Gasteiger partial charge in [0.2, 0.25) is 0 Å². The molecule has 2 heterocycles. The molecule has 0 fully saturated rings. The monoisotopic (exact) mass is 219 g/mol. The van der Waals surface area contributed by atoms with Crippen LogP contribution in [0, 0.1) is 0 Å². The number of H-pyrrole nitrogens is 2. The van der Waals surface area contributed by atoms with Gasteiger partial charge in [-0.25, -0.2) is 4.98 Å². The zero-order valence-electron chi connectivity index (χ0n) is 9.11. The standard InChI is InChI=1S/C11H13N3O2/c1-11(2,10(15)16)9-13-6-8(14-9)7-3-4-12-5-7/h3-6,12H,1-2H3,(H,13,14)(H,15,16). The molecular weight excluding hydrogens is 206 g/mol. The lowest BCUT2D eigenvalue weighted by atomic mass is 9.93. The molecular formula is C11H13N3O2. The number of nitrogens with zero attached hydrogens (tertiary/aromatic N) is 1. The lowest BCUT2D eigenvalue weighted by Crippen LogP contribution is -2.29. The van der Waals surface area contributed by atoms with Crippen molar-refractivity contribution in [1.29, 1.82) is 0 Å². The molecule has 2 rings (SSSR count). The van der Waals surface area contributed by atoms with Gasteiger partial charge in [0.05, 0.1) is 11.9 Å². The van der Waals surface area contributed by atoms with Gasteiger partial charge in [-0.15, -0.1) is 0 Å². The molecule has 0 saturated carbocycles. The van der Waals surface area contributed by atoms with Gasteiger partial charge in [-0.3, -0.25) is 4.79 Å². The third-order valence-corrected chi connectivity index (χ3v) is 2.61. The second-order valence-corrected chi connectivity index (χ2v) is 4.18. The van der Waals surface area contributed by atoms with Crippen LogP contribution >= 0.6 is 0 Å². The number of nitrogens with one attached hydrogen (secondary N) is 2. The summed E-state index contributed by atoms with van der Waals surface area (Å²) >= 11 is 0. The molecule has 0 spiro atoms. The predicted octanol–water partition coefficient (Wildman–Crippen LogP) is 1.77. The molecule has 0 unspecified atom stereocenters. The van der Waals surface area contributed by atoms with E-state index in [1.54, 1.807) is 26.2 Å². The SMILES string of the molecule is CC(C)(C(=O)O)c1ncc(-c2cc[nH]c2)[nH]1. The Balaban J connectivity index is 2.37. The van der Waals surface area contributed by atoms with E-state index in [1.165, 1.54) is 0 Å². The quantitative estimate of drug-likeness (QED) is 0.735. The maximum atomic E-state index is 11.1. The number of hydrogen-bond acceptors (Lipinski definition) is 2. The molecule has 0 atom stereocenters. The maximum absolute atomic E-state index is 11.1. The number of carboxylic acid groups (broad SMARTS) is 1. The Kier molecular flexibility index (Phi) is 2.30. The molecule has 5 nitrogen and oxygen atoms in total. The van der Waals surface area contributed by atoms with E-state index >= 15 is 0 Å². The average molecular weight is 219 g/mol. The lowest BCUT2D eigenvalue weighted by molar-refractivity contribution is -0.142. The summed E-state index contributed by atoms with van der Waals surface area (Å²) in [4.78, 5) is 21.1. The summed E-state index contributed by atoms with van der Waals surface area (Å²) in [5.41, 5.74) is 0.764. The lowest BCUT2D eigenvalue weighted by Gasteiger charge is -2.15. The van der Waals surface area contributed by atoms with Crippen molar-refractivity contribution in [2.75, 3.05) is 0 Å². The van der Waals surface area contributed by atoms with Crippen molar-refractivity contribution < 1.29 is 9.90 Å². The second kappa shape index (κ2) is 3.52. The third kappa shape index (κ3) is 1.60. The van der Waals surface area contributed by atoms with Crippen molar-refractivity contribution in [3.63, 3.8) is 0 Å². The normalized spacial score (nSPS) is 11.6. The van der Waals surface area contributed by atoms with Crippen LogP contribution in [-0.2, 0) is 10.2 Å². The van der Waals surface area contributed by atoms with E-state index in [9.17, 15) is 4.79 Å². The maximum Gasteiger partial charge on any atom is 0.316 e. The van der Waals surface area contributed by atoms with Gasteiger partial charge in [-0.1, -0.05) is 0 Å². The van der Waals surface area contributed by atoms with Gasteiger partial charge < -0.3 is 15.1 Å². The zero-order chi connectivity index (χ0) is 11.8. The smallest absolute Gasteiger partial charge is 0.316 e. The number of hydrogen-bond donors (Lipinski definition) is 3. The van der Waals surface area contributed by atoms with Crippen LogP contribution in [0.1, 0.15) is 19.7 Å². The fraction of sp³-hybridized carbons (Fsp3) is 0.273. The Morgan fingerprint density at radius 3 is 2.81 bits per heavy atom. The topological polar surface area (TPSA) is 81.8 Å². The first kappa shape index (κ1) is 10.5. The van der Waals surface area contributed by atoms with E-state index < -0.39 is 11.4 Å². The summed E-state index contributed by atoms with van der Waals surface area (Å²) < 4.78 is 0. The molecule has 3 N–H and O–H groups in total. The van der Waals surface area contributed by atoms with Crippen LogP contribution in [0.25, 0.3) is 11.3 Å². The van der Waals surface area contributed by atoms with Crippen molar-refractivity contribution in [2.24, 2.45) is 0 Å². The number of rotatable bonds is 3. The highest BCUT2D eigenvalue weighted by Crippen LogP contribution is 2.23. The van der Waals surface area contributed by atoms with Crippen molar-refractivity contribution in [1.82, 2.24) is 15.0 Å². The Hall–Kier alpha value is -2.04. The van der Waals surface area contributed by atoms with Crippen molar-refractivity contribution in [3.8, 4) is 11.3 Å². The first-order valence-electron chi connectivity index (χ1n) is 4.94. The molecule has 84 valence electrons. The Morgan fingerprint density at radius 1 is 1.50 bits per heavy atom. The van der Waals surface area contributed by atoms with E-state index in [-0.39, 0.29) is 0 Å². The number of aromatic nitrogens is 3. The molecule has 0 amide bonds. The van der Waals surface area contributed by atoms with Crippen LogP contribution in [0.2, 0.25) is 0 Å². The van der Waals surface area contributed by atoms with Gasteiger partial charge in [-0.05, 0) is 19.9 Å². The summed E-state index contributed by atoms with van der Waals surface area (Å²) in [6, 6.07) is 1.89. The first-order valence-corrected chi connectivity index (χ1v) is 4.94. The molecule has 0 radical (unpaired) electrons. The molecule has 0 aliphatic rings. The minimum absolute atomic E-state index is 0.455. The summed E-state index contributed by atoms with van der Waals surface area (Å²) in [5.74, 6) is -0.446. The summed E-state index contributed by atoms with van der Waals surface area (Å²) in [7, 11) is 0. The molecule has 2 aromatic rings. The van der Waals surface area contributed by atoms with E-state index in [0.29, 0.717) is 5.82 Å². The zero-order valence-corrected chi connectivity index (χ0v) is 9.11. The van der Waals surface area contributed by atoms with E-state index in [1.807, 2.05) is 12.3 Å². The van der Waals surface area contributed by atoms with Gasteiger partial charge in [0.25, 0.3) is 0 Å². The number of carbonyl (C=O) groups is 1. The molecule has 2 aromatic heterocycles. The van der Waals surface area contributed by atoms with Crippen LogP contribution in [0.3, 0.4) is 0 Å². The molecule has 0 aliphatic heterocycles. The van der Waals surface area contributed by atoms with Crippen LogP contribution in [0.15, 0.2) is 24.7 Å². The second-order valence-electron chi connectivity index (χ2n) is 4.18. The number of imidazole rings is 1. The van der Waals surface area contributed by atoms with Crippen molar-refractivity contribution >= 4 is 5.97 Å².